The summed E-state index contributed by atoms with van der Waals surface area (Å²) in [4.78, 5) is 2.43. The maximum absolute atomic E-state index is 6.91. The molecule has 0 N–H and O–H groups in total. The van der Waals surface area contributed by atoms with Crippen LogP contribution in [0, 0.1) is 0 Å². The number of rotatable bonds is 4. The standard InChI is InChI=1S/C33H23ClO2S/c34-32-27(31-20-22-9-2-1-3-18-30(22)37-31)15-8-17-29(32)35-23-11-6-10-21(19-23)24-13-7-14-26-25-12-4-5-16-28(25)36-33(24)26/h1-3,5-8,10-11,13-20H,4,9,12H2. The van der Waals surface area contributed by atoms with Crippen LogP contribution >= 0.6 is 22.9 Å². The third-order valence-corrected chi connectivity index (χ3v) is 8.52. The van der Waals surface area contributed by atoms with Gasteiger partial charge in [-0.1, -0.05) is 78.4 Å². The second-order valence-electron chi connectivity index (χ2n) is 9.31. The number of aryl methyl sites for hydroxylation is 1. The Hall–Kier alpha value is -3.79. The van der Waals surface area contributed by atoms with E-state index in [1.54, 1.807) is 11.3 Å². The van der Waals surface area contributed by atoms with Crippen molar-refractivity contribution in [3.8, 4) is 33.1 Å². The van der Waals surface area contributed by atoms with Gasteiger partial charge in [-0.25, -0.2) is 0 Å². The summed E-state index contributed by atoms with van der Waals surface area (Å²) in [6, 6.07) is 22.7. The van der Waals surface area contributed by atoms with Gasteiger partial charge in [0.2, 0.25) is 0 Å². The third kappa shape index (κ3) is 4.05. The molecule has 0 unspecified atom stereocenters. The molecule has 2 nitrogen and oxygen atoms in total. The van der Waals surface area contributed by atoms with Crippen LogP contribution in [0.3, 0.4) is 0 Å². The fourth-order valence-electron chi connectivity index (χ4n) is 5.15. The summed E-state index contributed by atoms with van der Waals surface area (Å²) in [6.07, 6.45) is 15.8. The van der Waals surface area contributed by atoms with Gasteiger partial charge in [-0.15, -0.1) is 11.3 Å². The third-order valence-electron chi connectivity index (χ3n) is 6.96. The number of para-hydroxylation sites is 1. The lowest BCUT2D eigenvalue weighted by Gasteiger charge is -2.12. The first-order chi connectivity index (χ1) is 18.2. The van der Waals surface area contributed by atoms with Crippen LogP contribution in [0.25, 0.3) is 44.7 Å². The summed E-state index contributed by atoms with van der Waals surface area (Å²) in [5, 5.41) is 1.81. The molecule has 7 rings (SSSR count). The van der Waals surface area contributed by atoms with Gasteiger partial charge in [0.05, 0.1) is 5.02 Å². The number of hydrogen-bond donors (Lipinski definition) is 0. The minimum atomic E-state index is 0.622. The maximum Gasteiger partial charge on any atom is 0.146 e. The van der Waals surface area contributed by atoms with Gasteiger partial charge >= 0.3 is 0 Å². The Balaban J connectivity index is 1.23. The molecule has 0 aliphatic heterocycles. The van der Waals surface area contributed by atoms with E-state index < -0.39 is 0 Å². The van der Waals surface area contributed by atoms with E-state index in [-0.39, 0.29) is 0 Å². The van der Waals surface area contributed by atoms with Crippen LogP contribution in [0.5, 0.6) is 11.5 Å². The van der Waals surface area contributed by atoms with Crippen molar-refractivity contribution in [1.29, 1.82) is 0 Å². The molecule has 3 aromatic carbocycles. The number of halogens is 1. The highest BCUT2D eigenvalue weighted by Gasteiger charge is 2.18. The number of thiophene rings is 1. The van der Waals surface area contributed by atoms with E-state index in [4.69, 9.17) is 20.8 Å². The Labute approximate surface area is 224 Å². The second-order valence-corrected chi connectivity index (χ2v) is 10.8. The van der Waals surface area contributed by atoms with E-state index in [2.05, 4.69) is 78.9 Å². The summed E-state index contributed by atoms with van der Waals surface area (Å²) in [7, 11) is 0. The van der Waals surface area contributed by atoms with E-state index in [9.17, 15) is 0 Å². The van der Waals surface area contributed by atoms with Gasteiger partial charge in [0, 0.05) is 31.8 Å². The van der Waals surface area contributed by atoms with Crippen LogP contribution in [-0.4, -0.2) is 0 Å². The van der Waals surface area contributed by atoms with Crippen LogP contribution in [-0.2, 0) is 12.8 Å². The normalized spacial score (nSPS) is 14.0. The molecule has 2 heterocycles. The van der Waals surface area contributed by atoms with Gasteiger partial charge in [0.1, 0.15) is 22.8 Å². The van der Waals surface area contributed by atoms with Crippen molar-refractivity contribution in [2.75, 3.05) is 0 Å². The lowest BCUT2D eigenvalue weighted by atomic mass is 9.98. The molecule has 0 fully saturated rings. The van der Waals surface area contributed by atoms with Gasteiger partial charge < -0.3 is 9.15 Å². The van der Waals surface area contributed by atoms with Gasteiger partial charge in [0.15, 0.2) is 0 Å². The molecule has 37 heavy (non-hydrogen) atoms. The van der Waals surface area contributed by atoms with E-state index in [1.165, 1.54) is 21.4 Å². The van der Waals surface area contributed by atoms with Crippen molar-refractivity contribution < 1.29 is 9.15 Å². The molecular weight excluding hydrogens is 496 g/mol. The minimum Gasteiger partial charge on any atom is -0.456 e. The first kappa shape index (κ1) is 22.4. The van der Waals surface area contributed by atoms with Crippen molar-refractivity contribution in [3.05, 3.63) is 118 Å². The van der Waals surface area contributed by atoms with Crippen LogP contribution < -0.4 is 4.74 Å². The molecule has 0 saturated heterocycles. The monoisotopic (exact) mass is 518 g/mol. The molecule has 2 aliphatic carbocycles. The predicted octanol–water partition coefficient (Wildman–Crippen LogP) is 10.4. The fraction of sp³-hybridized carbons (Fsp3) is 0.0909. The van der Waals surface area contributed by atoms with E-state index in [0.717, 1.165) is 57.9 Å². The molecule has 4 heteroatoms. The zero-order chi connectivity index (χ0) is 24.8. The predicted molar refractivity (Wildman–Crippen MR) is 156 cm³/mol. The van der Waals surface area contributed by atoms with Gasteiger partial charge in [-0.2, -0.15) is 0 Å². The molecule has 2 aliphatic rings. The number of ether oxygens (including phenoxy) is 1. The van der Waals surface area contributed by atoms with Crippen LogP contribution in [0.1, 0.15) is 28.2 Å². The average Bonchev–Trinajstić information content (AvgIpc) is 3.44. The zero-order valence-electron chi connectivity index (χ0n) is 20.0. The van der Waals surface area contributed by atoms with Crippen molar-refractivity contribution in [3.63, 3.8) is 0 Å². The van der Waals surface area contributed by atoms with Crippen LogP contribution in [0.2, 0.25) is 5.02 Å². The SMILES string of the molecule is Clc1c(Oc2cccc(-c3cccc4c5c(oc34)C=CCC5)c2)cccc1-c1cc2c(s1)C=CC=CC2. The zero-order valence-corrected chi connectivity index (χ0v) is 21.6. The van der Waals surface area contributed by atoms with E-state index >= 15 is 0 Å². The molecule has 0 saturated carbocycles. The molecule has 180 valence electrons. The molecule has 2 aromatic heterocycles. The summed E-state index contributed by atoms with van der Waals surface area (Å²) < 4.78 is 12.7. The van der Waals surface area contributed by atoms with Crippen molar-refractivity contribution >= 4 is 46.1 Å². The van der Waals surface area contributed by atoms with Crippen LogP contribution in [0.4, 0.5) is 0 Å². The summed E-state index contributed by atoms with van der Waals surface area (Å²) >= 11 is 8.67. The molecule has 0 atom stereocenters. The van der Waals surface area contributed by atoms with Crippen molar-refractivity contribution in [1.82, 2.24) is 0 Å². The quantitative estimate of drug-likeness (QED) is 0.236. The van der Waals surface area contributed by atoms with Gasteiger partial charge in [-0.05, 0) is 66.8 Å². The largest absolute Gasteiger partial charge is 0.456 e. The second kappa shape index (κ2) is 9.26. The number of hydrogen-bond acceptors (Lipinski definition) is 3. The number of furan rings is 1. The highest BCUT2D eigenvalue weighted by molar-refractivity contribution is 7.16. The Kier molecular flexibility index (Phi) is 5.61. The van der Waals surface area contributed by atoms with E-state index in [1.807, 2.05) is 24.3 Å². The molecule has 0 spiro atoms. The Morgan fingerprint density at radius 2 is 1.76 bits per heavy atom. The number of allylic oxidation sites excluding steroid dienone is 4. The summed E-state index contributed by atoms with van der Waals surface area (Å²) in [6.45, 7) is 0. The molecular formula is C33H23ClO2S. The van der Waals surface area contributed by atoms with Crippen molar-refractivity contribution in [2.45, 2.75) is 19.3 Å². The average molecular weight is 519 g/mol. The molecule has 0 radical (unpaired) electrons. The number of benzene rings is 3. The molecule has 5 aromatic rings. The number of fused-ring (bicyclic) bond motifs is 4. The fourth-order valence-corrected chi connectivity index (χ4v) is 6.61. The smallest absolute Gasteiger partial charge is 0.146 e. The lowest BCUT2D eigenvalue weighted by molar-refractivity contribution is 0.483. The lowest BCUT2D eigenvalue weighted by Crippen LogP contribution is -1.89. The van der Waals surface area contributed by atoms with Crippen LogP contribution in [0.15, 0.2) is 95.5 Å². The Morgan fingerprint density at radius 3 is 2.73 bits per heavy atom. The minimum absolute atomic E-state index is 0.622. The van der Waals surface area contributed by atoms with E-state index in [0.29, 0.717) is 10.8 Å². The van der Waals surface area contributed by atoms with Gasteiger partial charge in [0.25, 0.3) is 0 Å². The highest BCUT2D eigenvalue weighted by Crippen LogP contribution is 2.43. The first-order valence-electron chi connectivity index (χ1n) is 12.5. The highest BCUT2D eigenvalue weighted by atomic mass is 35.5. The summed E-state index contributed by atoms with van der Waals surface area (Å²) in [5.74, 6) is 2.36. The van der Waals surface area contributed by atoms with Crippen molar-refractivity contribution in [2.24, 2.45) is 0 Å². The maximum atomic E-state index is 6.91. The molecule has 0 amide bonds. The topological polar surface area (TPSA) is 22.4 Å². The summed E-state index contributed by atoms with van der Waals surface area (Å²) in [5.41, 5.74) is 6.65. The van der Waals surface area contributed by atoms with Gasteiger partial charge in [-0.3, -0.25) is 0 Å². The first-order valence-corrected chi connectivity index (χ1v) is 13.7. The molecule has 0 bridgehead atoms. The Morgan fingerprint density at radius 1 is 0.865 bits per heavy atom. The Bertz CT molecular complexity index is 1750.